The minimum absolute atomic E-state index is 0.0980. The highest BCUT2D eigenvalue weighted by atomic mass is 16.5. The molecular formula is C19H27NO5. The molecule has 6 heteroatoms. The van der Waals surface area contributed by atoms with Gasteiger partial charge in [-0.05, 0) is 42.9 Å². The number of benzene rings is 1. The van der Waals surface area contributed by atoms with E-state index in [9.17, 15) is 14.4 Å². The number of ether oxygens (including phenoxy) is 2. The zero-order valence-electron chi connectivity index (χ0n) is 15.5. The van der Waals surface area contributed by atoms with Gasteiger partial charge in [0.05, 0.1) is 13.5 Å². The Labute approximate surface area is 148 Å². The van der Waals surface area contributed by atoms with E-state index in [1.54, 1.807) is 0 Å². The lowest BCUT2D eigenvalue weighted by Gasteiger charge is -2.18. The first-order valence-electron chi connectivity index (χ1n) is 8.31. The standard InChI is InChI=1S/C19H27NO5/c1-12(2)8-16(19(23)24-5)20-17(21)11-25-18(22)10-15-7-6-13(3)14(4)9-15/h6-7,9,12,16H,8,10-11H2,1-5H3,(H,20,21)/t16-/m1/s1. The van der Waals surface area contributed by atoms with Gasteiger partial charge >= 0.3 is 11.9 Å². The van der Waals surface area contributed by atoms with Crippen LogP contribution in [0.5, 0.6) is 0 Å². The zero-order valence-corrected chi connectivity index (χ0v) is 15.5. The number of carbonyl (C=O) groups excluding carboxylic acids is 3. The van der Waals surface area contributed by atoms with Crippen molar-refractivity contribution in [1.82, 2.24) is 5.32 Å². The molecule has 1 atom stereocenters. The molecular weight excluding hydrogens is 322 g/mol. The van der Waals surface area contributed by atoms with Gasteiger partial charge in [0.1, 0.15) is 6.04 Å². The molecule has 0 radical (unpaired) electrons. The van der Waals surface area contributed by atoms with Crippen LogP contribution in [0.15, 0.2) is 18.2 Å². The summed E-state index contributed by atoms with van der Waals surface area (Å²) >= 11 is 0. The second-order valence-electron chi connectivity index (χ2n) is 6.53. The molecule has 1 aromatic carbocycles. The Balaban J connectivity index is 2.49. The fraction of sp³-hybridized carbons (Fsp3) is 0.526. The van der Waals surface area contributed by atoms with Gasteiger partial charge in [0.15, 0.2) is 6.61 Å². The van der Waals surface area contributed by atoms with Crippen LogP contribution >= 0.6 is 0 Å². The summed E-state index contributed by atoms with van der Waals surface area (Å²) in [5.41, 5.74) is 3.08. The third-order valence-electron chi connectivity index (χ3n) is 3.81. The summed E-state index contributed by atoms with van der Waals surface area (Å²) in [6, 6.07) is 4.99. The quantitative estimate of drug-likeness (QED) is 0.727. The lowest BCUT2D eigenvalue weighted by Crippen LogP contribution is -2.44. The highest BCUT2D eigenvalue weighted by Gasteiger charge is 2.23. The van der Waals surface area contributed by atoms with E-state index in [1.165, 1.54) is 7.11 Å². The Hall–Kier alpha value is -2.37. The van der Waals surface area contributed by atoms with Crippen molar-refractivity contribution in [2.45, 2.75) is 46.6 Å². The normalized spacial score (nSPS) is 11.8. The Bertz CT molecular complexity index is 624. The molecule has 0 fully saturated rings. The van der Waals surface area contributed by atoms with Crippen LogP contribution < -0.4 is 5.32 Å². The maximum atomic E-state index is 11.9. The predicted molar refractivity (Wildman–Crippen MR) is 94.0 cm³/mol. The number of methoxy groups -OCH3 is 1. The highest BCUT2D eigenvalue weighted by Crippen LogP contribution is 2.11. The summed E-state index contributed by atoms with van der Waals surface area (Å²) < 4.78 is 9.67. The number of esters is 2. The van der Waals surface area contributed by atoms with Crippen LogP contribution in [0.3, 0.4) is 0 Å². The number of hydrogen-bond donors (Lipinski definition) is 1. The summed E-state index contributed by atoms with van der Waals surface area (Å²) in [4.78, 5) is 35.5. The number of amides is 1. The molecule has 0 aliphatic rings. The van der Waals surface area contributed by atoms with Crippen molar-refractivity contribution in [3.63, 3.8) is 0 Å². The summed E-state index contributed by atoms with van der Waals surface area (Å²) in [5.74, 6) is -1.32. The van der Waals surface area contributed by atoms with Gasteiger partial charge in [-0.15, -0.1) is 0 Å². The Kier molecular flexibility index (Phi) is 8.11. The zero-order chi connectivity index (χ0) is 19.0. The molecule has 0 unspecified atom stereocenters. The first-order chi connectivity index (χ1) is 11.7. The van der Waals surface area contributed by atoms with Crippen molar-refractivity contribution in [2.75, 3.05) is 13.7 Å². The molecule has 6 nitrogen and oxygen atoms in total. The van der Waals surface area contributed by atoms with Crippen molar-refractivity contribution in [1.29, 1.82) is 0 Å². The molecule has 0 aromatic heterocycles. The Morgan fingerprint density at radius 2 is 1.80 bits per heavy atom. The summed E-state index contributed by atoms with van der Waals surface area (Å²) in [6.07, 6.45) is 0.551. The summed E-state index contributed by atoms with van der Waals surface area (Å²) in [5, 5.41) is 2.54. The smallest absolute Gasteiger partial charge is 0.328 e. The van der Waals surface area contributed by atoms with Crippen LogP contribution in [0, 0.1) is 19.8 Å². The van der Waals surface area contributed by atoms with Crippen LogP contribution in [0.1, 0.15) is 37.0 Å². The molecule has 138 valence electrons. The molecule has 0 bridgehead atoms. The second kappa shape index (κ2) is 9.81. The summed E-state index contributed by atoms with van der Waals surface area (Å²) in [6.45, 7) is 7.42. The SMILES string of the molecule is COC(=O)[C@@H](CC(C)C)NC(=O)COC(=O)Cc1ccc(C)c(C)c1. The van der Waals surface area contributed by atoms with Gasteiger partial charge in [0, 0.05) is 0 Å². The monoisotopic (exact) mass is 349 g/mol. The van der Waals surface area contributed by atoms with Crippen LogP contribution in [0.4, 0.5) is 0 Å². The average molecular weight is 349 g/mol. The van der Waals surface area contributed by atoms with E-state index in [0.29, 0.717) is 6.42 Å². The minimum atomic E-state index is -0.740. The van der Waals surface area contributed by atoms with Gasteiger partial charge in [0.2, 0.25) is 0 Å². The Morgan fingerprint density at radius 3 is 2.36 bits per heavy atom. The number of carbonyl (C=O) groups is 3. The largest absolute Gasteiger partial charge is 0.467 e. The molecule has 0 saturated carbocycles. The number of rotatable bonds is 8. The fourth-order valence-corrected chi connectivity index (χ4v) is 2.34. The Morgan fingerprint density at radius 1 is 1.12 bits per heavy atom. The molecule has 0 aliphatic heterocycles. The number of aryl methyl sites for hydroxylation is 2. The van der Waals surface area contributed by atoms with Crippen molar-refractivity contribution < 1.29 is 23.9 Å². The van der Waals surface area contributed by atoms with Crippen molar-refractivity contribution in [3.8, 4) is 0 Å². The molecule has 1 rings (SSSR count). The molecule has 0 aliphatic carbocycles. The van der Waals surface area contributed by atoms with E-state index in [-0.39, 0.29) is 12.3 Å². The number of nitrogens with one attached hydrogen (secondary N) is 1. The fourth-order valence-electron chi connectivity index (χ4n) is 2.34. The van der Waals surface area contributed by atoms with E-state index in [0.717, 1.165) is 16.7 Å². The maximum Gasteiger partial charge on any atom is 0.328 e. The van der Waals surface area contributed by atoms with E-state index in [2.05, 4.69) is 10.1 Å². The molecule has 0 spiro atoms. The molecule has 1 aromatic rings. The number of hydrogen-bond acceptors (Lipinski definition) is 5. The third kappa shape index (κ3) is 7.37. The first kappa shape index (κ1) is 20.7. The van der Waals surface area contributed by atoms with E-state index >= 15 is 0 Å². The van der Waals surface area contributed by atoms with Crippen LogP contribution in [-0.4, -0.2) is 37.6 Å². The van der Waals surface area contributed by atoms with Gasteiger partial charge in [-0.2, -0.15) is 0 Å². The molecule has 0 saturated heterocycles. The van der Waals surface area contributed by atoms with Gasteiger partial charge in [-0.25, -0.2) is 4.79 Å². The van der Waals surface area contributed by atoms with E-state index < -0.39 is 30.5 Å². The van der Waals surface area contributed by atoms with Crippen LogP contribution in [0.2, 0.25) is 0 Å². The van der Waals surface area contributed by atoms with Crippen LogP contribution in [-0.2, 0) is 30.3 Å². The van der Waals surface area contributed by atoms with E-state index in [1.807, 2.05) is 45.9 Å². The lowest BCUT2D eigenvalue weighted by atomic mass is 10.0. The lowest BCUT2D eigenvalue weighted by molar-refractivity contribution is -0.150. The van der Waals surface area contributed by atoms with Gasteiger partial charge in [-0.1, -0.05) is 32.0 Å². The van der Waals surface area contributed by atoms with Crippen LogP contribution in [0.25, 0.3) is 0 Å². The second-order valence-corrected chi connectivity index (χ2v) is 6.53. The van der Waals surface area contributed by atoms with Gasteiger partial charge in [0.25, 0.3) is 5.91 Å². The maximum absolute atomic E-state index is 11.9. The molecule has 1 amide bonds. The highest BCUT2D eigenvalue weighted by molar-refractivity contribution is 5.86. The topological polar surface area (TPSA) is 81.7 Å². The van der Waals surface area contributed by atoms with Crippen molar-refractivity contribution in [2.24, 2.45) is 5.92 Å². The van der Waals surface area contributed by atoms with Gasteiger partial charge < -0.3 is 14.8 Å². The van der Waals surface area contributed by atoms with E-state index in [4.69, 9.17) is 4.74 Å². The third-order valence-corrected chi connectivity index (χ3v) is 3.81. The first-order valence-corrected chi connectivity index (χ1v) is 8.31. The molecule has 25 heavy (non-hydrogen) atoms. The van der Waals surface area contributed by atoms with Gasteiger partial charge in [-0.3, -0.25) is 9.59 Å². The average Bonchev–Trinajstić information content (AvgIpc) is 2.54. The van der Waals surface area contributed by atoms with Crippen molar-refractivity contribution in [3.05, 3.63) is 34.9 Å². The summed E-state index contributed by atoms with van der Waals surface area (Å²) in [7, 11) is 1.27. The predicted octanol–water partition coefficient (Wildman–Crippen LogP) is 2.09. The molecule has 1 N–H and O–H groups in total. The van der Waals surface area contributed by atoms with Crippen molar-refractivity contribution >= 4 is 17.8 Å². The molecule has 0 heterocycles. The minimum Gasteiger partial charge on any atom is -0.467 e.